The lowest BCUT2D eigenvalue weighted by atomic mass is 10.1. The predicted molar refractivity (Wildman–Crippen MR) is 57.6 cm³/mol. The molecule has 0 spiro atoms. The smallest absolute Gasteiger partial charge is 0.338 e. The maximum absolute atomic E-state index is 11.4. The predicted octanol–water partition coefficient (Wildman–Crippen LogP) is 1.12. The van der Waals surface area contributed by atoms with Crippen molar-refractivity contribution in [3.63, 3.8) is 0 Å². The molecule has 0 aliphatic rings. The fourth-order valence-corrected chi connectivity index (χ4v) is 1.08. The zero-order valence-corrected chi connectivity index (χ0v) is 8.69. The summed E-state index contributed by atoms with van der Waals surface area (Å²) in [7, 11) is 0. The topological polar surface area (TPSA) is 72.5 Å². The number of anilines is 1. The molecule has 0 aliphatic carbocycles. The molecule has 82 valence electrons. The lowest BCUT2D eigenvalue weighted by molar-refractivity contribution is 0.0482. The van der Waals surface area contributed by atoms with Crippen molar-refractivity contribution in [2.24, 2.45) is 0 Å². The van der Waals surface area contributed by atoms with Crippen molar-refractivity contribution in [3.8, 4) is 0 Å². The first-order valence-electron chi connectivity index (χ1n) is 4.79. The van der Waals surface area contributed by atoms with Crippen molar-refractivity contribution in [2.45, 2.75) is 13.3 Å². The second kappa shape index (κ2) is 5.36. The molecule has 1 aromatic rings. The van der Waals surface area contributed by atoms with E-state index in [1.54, 1.807) is 18.2 Å². The number of carbonyl (C=O) groups excluding carboxylic acids is 1. The van der Waals surface area contributed by atoms with Crippen molar-refractivity contribution in [1.82, 2.24) is 0 Å². The first kappa shape index (κ1) is 11.5. The number of aliphatic hydroxyl groups is 1. The van der Waals surface area contributed by atoms with Crippen LogP contribution in [0.2, 0.25) is 0 Å². The third-order valence-corrected chi connectivity index (χ3v) is 2.05. The van der Waals surface area contributed by atoms with Crippen LogP contribution in [-0.2, 0) is 4.74 Å². The van der Waals surface area contributed by atoms with E-state index in [4.69, 9.17) is 15.6 Å². The minimum atomic E-state index is -0.407. The Labute approximate surface area is 88.7 Å². The highest BCUT2D eigenvalue weighted by atomic mass is 16.5. The Bertz CT molecular complexity index is 350. The number of hydrogen-bond acceptors (Lipinski definition) is 4. The Morgan fingerprint density at radius 2 is 2.27 bits per heavy atom. The third-order valence-electron chi connectivity index (χ3n) is 2.05. The maximum atomic E-state index is 11.4. The van der Waals surface area contributed by atoms with Crippen LogP contribution in [0.5, 0.6) is 0 Å². The number of aryl methyl sites for hydroxylation is 1. The van der Waals surface area contributed by atoms with Gasteiger partial charge in [-0.1, -0.05) is 6.07 Å². The van der Waals surface area contributed by atoms with Gasteiger partial charge in [0, 0.05) is 18.7 Å². The van der Waals surface area contributed by atoms with E-state index in [0.29, 0.717) is 17.7 Å². The zero-order chi connectivity index (χ0) is 11.3. The van der Waals surface area contributed by atoms with E-state index in [0.717, 1.165) is 5.56 Å². The Morgan fingerprint density at radius 1 is 1.53 bits per heavy atom. The van der Waals surface area contributed by atoms with E-state index in [-0.39, 0.29) is 13.2 Å². The van der Waals surface area contributed by atoms with Crippen LogP contribution in [0.4, 0.5) is 5.69 Å². The standard InChI is InChI=1S/C11H15NO3/c1-8-3-4-9(7-10(8)12)11(14)15-6-2-5-13/h3-4,7,13H,2,5-6,12H2,1H3. The number of hydrogen-bond donors (Lipinski definition) is 2. The van der Waals surface area contributed by atoms with E-state index in [9.17, 15) is 4.79 Å². The van der Waals surface area contributed by atoms with Gasteiger partial charge < -0.3 is 15.6 Å². The van der Waals surface area contributed by atoms with Gasteiger partial charge in [-0.25, -0.2) is 4.79 Å². The molecule has 0 aromatic heterocycles. The minimum Gasteiger partial charge on any atom is -0.462 e. The molecule has 4 nitrogen and oxygen atoms in total. The Kier molecular flexibility index (Phi) is 4.12. The molecule has 0 unspecified atom stereocenters. The fraction of sp³-hybridized carbons (Fsp3) is 0.364. The normalized spacial score (nSPS) is 10.0. The molecule has 1 aromatic carbocycles. The molecule has 0 heterocycles. The van der Waals surface area contributed by atoms with Crippen molar-refractivity contribution in [2.75, 3.05) is 18.9 Å². The molecule has 0 atom stereocenters. The number of ether oxygens (including phenoxy) is 1. The number of nitrogens with two attached hydrogens (primary N) is 1. The summed E-state index contributed by atoms with van der Waals surface area (Å²) < 4.78 is 4.91. The number of aliphatic hydroxyl groups excluding tert-OH is 1. The van der Waals surface area contributed by atoms with Crippen LogP contribution in [0.3, 0.4) is 0 Å². The molecule has 4 heteroatoms. The molecule has 0 aliphatic heterocycles. The van der Waals surface area contributed by atoms with Crippen molar-refractivity contribution in [1.29, 1.82) is 0 Å². The third kappa shape index (κ3) is 3.25. The highest BCUT2D eigenvalue weighted by Crippen LogP contribution is 2.13. The van der Waals surface area contributed by atoms with Gasteiger partial charge in [0.2, 0.25) is 0 Å². The number of carbonyl (C=O) groups is 1. The van der Waals surface area contributed by atoms with Crippen LogP contribution < -0.4 is 5.73 Å². The molecule has 0 saturated heterocycles. The van der Waals surface area contributed by atoms with Crippen LogP contribution in [0.25, 0.3) is 0 Å². The molecular formula is C11H15NO3. The average molecular weight is 209 g/mol. The second-order valence-corrected chi connectivity index (χ2v) is 3.28. The van der Waals surface area contributed by atoms with Crippen LogP contribution in [0.1, 0.15) is 22.3 Å². The van der Waals surface area contributed by atoms with E-state index in [1.165, 1.54) is 0 Å². The van der Waals surface area contributed by atoms with Gasteiger partial charge in [0.1, 0.15) is 0 Å². The first-order chi connectivity index (χ1) is 7.15. The number of nitrogen functional groups attached to an aromatic ring is 1. The highest BCUT2D eigenvalue weighted by molar-refractivity contribution is 5.90. The van der Waals surface area contributed by atoms with Gasteiger partial charge in [-0.3, -0.25) is 0 Å². The summed E-state index contributed by atoms with van der Waals surface area (Å²) in [6, 6.07) is 5.04. The fourth-order valence-electron chi connectivity index (χ4n) is 1.08. The van der Waals surface area contributed by atoms with Gasteiger partial charge in [0.25, 0.3) is 0 Å². The molecular weight excluding hydrogens is 194 g/mol. The van der Waals surface area contributed by atoms with Gasteiger partial charge >= 0.3 is 5.97 Å². The maximum Gasteiger partial charge on any atom is 0.338 e. The van der Waals surface area contributed by atoms with Gasteiger partial charge in [-0.15, -0.1) is 0 Å². The number of benzene rings is 1. The quantitative estimate of drug-likeness (QED) is 0.442. The summed E-state index contributed by atoms with van der Waals surface area (Å²) in [5, 5.41) is 8.52. The first-order valence-corrected chi connectivity index (χ1v) is 4.79. The van der Waals surface area contributed by atoms with E-state index >= 15 is 0 Å². The van der Waals surface area contributed by atoms with Gasteiger partial charge in [0.15, 0.2) is 0 Å². The number of esters is 1. The molecule has 0 amide bonds. The van der Waals surface area contributed by atoms with Crippen LogP contribution >= 0.6 is 0 Å². The SMILES string of the molecule is Cc1ccc(C(=O)OCCCO)cc1N. The Morgan fingerprint density at radius 3 is 2.87 bits per heavy atom. The average Bonchev–Trinajstić information content (AvgIpc) is 2.22. The summed E-state index contributed by atoms with van der Waals surface area (Å²) >= 11 is 0. The lowest BCUT2D eigenvalue weighted by Gasteiger charge is -2.05. The molecule has 0 fully saturated rings. The summed E-state index contributed by atoms with van der Waals surface area (Å²) in [5.41, 5.74) is 7.61. The molecule has 1 rings (SSSR count). The molecule has 0 radical (unpaired) electrons. The lowest BCUT2D eigenvalue weighted by Crippen LogP contribution is -2.08. The van der Waals surface area contributed by atoms with Crippen LogP contribution in [-0.4, -0.2) is 24.3 Å². The minimum absolute atomic E-state index is 0.0172. The van der Waals surface area contributed by atoms with E-state index in [1.807, 2.05) is 6.92 Å². The Balaban J connectivity index is 2.62. The summed E-state index contributed by atoms with van der Waals surface area (Å²) in [4.78, 5) is 11.4. The van der Waals surface area contributed by atoms with Crippen molar-refractivity contribution in [3.05, 3.63) is 29.3 Å². The monoisotopic (exact) mass is 209 g/mol. The molecule has 0 saturated carbocycles. The van der Waals surface area contributed by atoms with Gasteiger partial charge in [-0.2, -0.15) is 0 Å². The Hall–Kier alpha value is -1.55. The van der Waals surface area contributed by atoms with Gasteiger partial charge in [-0.05, 0) is 24.6 Å². The molecule has 15 heavy (non-hydrogen) atoms. The summed E-state index contributed by atoms with van der Waals surface area (Å²) in [5.74, 6) is -0.407. The van der Waals surface area contributed by atoms with E-state index < -0.39 is 5.97 Å². The van der Waals surface area contributed by atoms with E-state index in [2.05, 4.69) is 0 Å². The van der Waals surface area contributed by atoms with Crippen molar-refractivity contribution >= 4 is 11.7 Å². The van der Waals surface area contributed by atoms with Crippen LogP contribution in [0, 0.1) is 6.92 Å². The summed E-state index contributed by atoms with van der Waals surface area (Å²) in [6.07, 6.45) is 0.451. The largest absolute Gasteiger partial charge is 0.462 e. The second-order valence-electron chi connectivity index (χ2n) is 3.28. The highest BCUT2D eigenvalue weighted by Gasteiger charge is 2.07. The molecule has 3 N–H and O–H groups in total. The van der Waals surface area contributed by atoms with Gasteiger partial charge in [0.05, 0.1) is 12.2 Å². The molecule has 0 bridgehead atoms. The van der Waals surface area contributed by atoms with Crippen LogP contribution in [0.15, 0.2) is 18.2 Å². The number of rotatable bonds is 4. The van der Waals surface area contributed by atoms with Crippen molar-refractivity contribution < 1.29 is 14.6 Å². The zero-order valence-electron chi connectivity index (χ0n) is 8.69. The summed E-state index contributed by atoms with van der Waals surface area (Å²) in [6.45, 7) is 2.11.